The van der Waals surface area contributed by atoms with E-state index < -0.39 is 0 Å². The lowest BCUT2D eigenvalue weighted by Gasteiger charge is -2.08. The monoisotopic (exact) mass is 310 g/mol. The fraction of sp³-hybridized carbons (Fsp3) is 0.111. The summed E-state index contributed by atoms with van der Waals surface area (Å²) in [5.74, 6) is -0.0435. The van der Waals surface area contributed by atoms with Gasteiger partial charge in [0.05, 0.1) is 11.2 Å². The van der Waals surface area contributed by atoms with Gasteiger partial charge in [0.25, 0.3) is 0 Å². The number of hydrogen-bond acceptors (Lipinski definition) is 2. The summed E-state index contributed by atoms with van der Waals surface area (Å²) < 4.78 is 0. The first kappa shape index (κ1) is 14.5. The molecule has 0 fully saturated rings. The second-order valence-electron chi connectivity index (χ2n) is 5.02. The summed E-state index contributed by atoms with van der Waals surface area (Å²) in [4.78, 5) is 16.5. The lowest BCUT2D eigenvalue weighted by atomic mass is 10.1. The molecule has 22 heavy (non-hydrogen) atoms. The van der Waals surface area contributed by atoms with Crippen molar-refractivity contribution in [3.63, 3.8) is 0 Å². The molecule has 1 heterocycles. The van der Waals surface area contributed by atoms with E-state index in [0.29, 0.717) is 17.9 Å². The number of rotatable bonds is 4. The number of benzene rings is 2. The van der Waals surface area contributed by atoms with E-state index in [-0.39, 0.29) is 5.91 Å². The Bertz CT molecular complexity index is 812. The van der Waals surface area contributed by atoms with Crippen LogP contribution in [-0.2, 0) is 11.2 Å². The van der Waals surface area contributed by atoms with Gasteiger partial charge in [-0.3, -0.25) is 9.78 Å². The number of para-hydroxylation sites is 1. The molecule has 2 aromatic carbocycles. The smallest absolute Gasteiger partial charge is 0.224 e. The highest BCUT2D eigenvalue weighted by Crippen LogP contribution is 2.21. The molecule has 1 aromatic heterocycles. The third-order valence-corrected chi connectivity index (χ3v) is 3.85. The number of pyridine rings is 1. The van der Waals surface area contributed by atoms with E-state index in [0.717, 1.165) is 22.2 Å². The third kappa shape index (κ3) is 3.26. The van der Waals surface area contributed by atoms with E-state index in [2.05, 4.69) is 10.3 Å². The first-order valence-corrected chi connectivity index (χ1v) is 7.49. The van der Waals surface area contributed by atoms with Crippen molar-refractivity contribution in [2.24, 2.45) is 0 Å². The highest BCUT2D eigenvalue weighted by molar-refractivity contribution is 6.31. The molecule has 0 radical (unpaired) electrons. The summed E-state index contributed by atoms with van der Waals surface area (Å²) >= 11 is 6.10. The Morgan fingerprint density at radius 3 is 2.73 bits per heavy atom. The molecule has 0 saturated carbocycles. The van der Waals surface area contributed by atoms with E-state index in [1.165, 1.54) is 0 Å². The van der Waals surface area contributed by atoms with Crippen LogP contribution in [0.15, 0.2) is 60.8 Å². The molecule has 110 valence electrons. The van der Waals surface area contributed by atoms with E-state index in [9.17, 15) is 4.79 Å². The molecular formula is C18H15ClN2O. The normalized spacial score (nSPS) is 10.6. The van der Waals surface area contributed by atoms with Crippen molar-refractivity contribution < 1.29 is 4.79 Å². The predicted molar refractivity (Wildman–Crippen MR) is 90.1 cm³/mol. The highest BCUT2D eigenvalue weighted by atomic mass is 35.5. The van der Waals surface area contributed by atoms with E-state index in [1.54, 1.807) is 6.20 Å². The molecule has 0 aliphatic heterocycles. The summed E-state index contributed by atoms with van der Waals surface area (Å²) in [5.41, 5.74) is 2.52. The van der Waals surface area contributed by atoms with Gasteiger partial charge in [0.1, 0.15) is 0 Å². The predicted octanol–water partition coefficient (Wildman–Crippen LogP) is 4.46. The Morgan fingerprint density at radius 2 is 1.86 bits per heavy atom. The van der Waals surface area contributed by atoms with E-state index in [1.807, 2.05) is 54.6 Å². The Labute approximate surface area is 133 Å². The number of fused-ring (bicyclic) bond motifs is 1. The lowest BCUT2D eigenvalue weighted by Crippen LogP contribution is -2.13. The van der Waals surface area contributed by atoms with Crippen LogP contribution in [0.1, 0.15) is 12.0 Å². The van der Waals surface area contributed by atoms with E-state index >= 15 is 0 Å². The Morgan fingerprint density at radius 1 is 1.05 bits per heavy atom. The number of amides is 1. The van der Waals surface area contributed by atoms with Gasteiger partial charge in [0.2, 0.25) is 5.91 Å². The SMILES string of the molecule is O=C(CCc1ccccc1Cl)Nc1cccc2cccnc12. The largest absolute Gasteiger partial charge is 0.324 e. The van der Waals surface area contributed by atoms with Crippen LogP contribution in [0.2, 0.25) is 5.02 Å². The summed E-state index contributed by atoms with van der Waals surface area (Å²) in [6, 6.07) is 17.2. The number of halogens is 1. The number of aryl methyl sites for hydroxylation is 1. The molecule has 3 nitrogen and oxygen atoms in total. The third-order valence-electron chi connectivity index (χ3n) is 3.49. The first-order chi connectivity index (χ1) is 10.7. The van der Waals surface area contributed by atoms with Crippen LogP contribution in [0, 0.1) is 0 Å². The van der Waals surface area contributed by atoms with Crippen molar-refractivity contribution in [3.05, 3.63) is 71.4 Å². The second-order valence-corrected chi connectivity index (χ2v) is 5.43. The number of carbonyl (C=O) groups is 1. The highest BCUT2D eigenvalue weighted by Gasteiger charge is 2.08. The Hall–Kier alpha value is -2.39. The topological polar surface area (TPSA) is 42.0 Å². The minimum atomic E-state index is -0.0435. The quantitative estimate of drug-likeness (QED) is 0.773. The molecule has 0 bridgehead atoms. The average molecular weight is 311 g/mol. The molecule has 0 unspecified atom stereocenters. The zero-order chi connectivity index (χ0) is 15.4. The number of nitrogens with one attached hydrogen (secondary N) is 1. The zero-order valence-electron chi connectivity index (χ0n) is 11.9. The summed E-state index contributed by atoms with van der Waals surface area (Å²) in [6.07, 6.45) is 2.72. The van der Waals surface area contributed by atoms with Crippen LogP contribution in [-0.4, -0.2) is 10.9 Å². The van der Waals surface area contributed by atoms with Gasteiger partial charge < -0.3 is 5.32 Å². The van der Waals surface area contributed by atoms with Crippen LogP contribution >= 0.6 is 11.6 Å². The van der Waals surface area contributed by atoms with Gasteiger partial charge in [0, 0.05) is 23.0 Å². The number of anilines is 1. The van der Waals surface area contributed by atoms with Crippen LogP contribution < -0.4 is 5.32 Å². The molecule has 3 rings (SSSR count). The van der Waals surface area contributed by atoms with Gasteiger partial charge in [-0.25, -0.2) is 0 Å². The molecule has 1 amide bonds. The lowest BCUT2D eigenvalue weighted by molar-refractivity contribution is -0.116. The van der Waals surface area contributed by atoms with Crippen molar-refractivity contribution in [2.75, 3.05) is 5.32 Å². The van der Waals surface area contributed by atoms with Gasteiger partial charge in [-0.15, -0.1) is 0 Å². The summed E-state index contributed by atoms with van der Waals surface area (Å²) in [7, 11) is 0. The maximum atomic E-state index is 12.2. The molecule has 4 heteroatoms. The molecule has 3 aromatic rings. The minimum Gasteiger partial charge on any atom is -0.324 e. The van der Waals surface area contributed by atoms with Gasteiger partial charge in [-0.2, -0.15) is 0 Å². The first-order valence-electron chi connectivity index (χ1n) is 7.11. The van der Waals surface area contributed by atoms with Crippen molar-refractivity contribution in [1.29, 1.82) is 0 Å². The van der Waals surface area contributed by atoms with E-state index in [4.69, 9.17) is 11.6 Å². The molecular weight excluding hydrogens is 296 g/mol. The van der Waals surface area contributed by atoms with Gasteiger partial charge in [0.15, 0.2) is 0 Å². The number of carbonyl (C=O) groups excluding carboxylic acids is 1. The molecule has 0 aliphatic carbocycles. The van der Waals surface area contributed by atoms with Crippen molar-refractivity contribution in [2.45, 2.75) is 12.8 Å². The molecule has 0 saturated heterocycles. The zero-order valence-corrected chi connectivity index (χ0v) is 12.7. The fourth-order valence-electron chi connectivity index (χ4n) is 2.37. The van der Waals surface area contributed by atoms with Crippen LogP contribution in [0.4, 0.5) is 5.69 Å². The summed E-state index contributed by atoms with van der Waals surface area (Å²) in [5, 5.41) is 4.63. The standard InChI is InChI=1S/C18H15ClN2O/c19-15-8-2-1-5-13(15)10-11-17(22)21-16-9-3-6-14-7-4-12-20-18(14)16/h1-9,12H,10-11H2,(H,21,22). The minimum absolute atomic E-state index is 0.0435. The van der Waals surface area contributed by atoms with Crippen LogP contribution in [0.3, 0.4) is 0 Å². The van der Waals surface area contributed by atoms with Crippen LogP contribution in [0.25, 0.3) is 10.9 Å². The van der Waals surface area contributed by atoms with Crippen LogP contribution in [0.5, 0.6) is 0 Å². The number of hydrogen-bond donors (Lipinski definition) is 1. The van der Waals surface area contributed by atoms with Crippen molar-refractivity contribution in [1.82, 2.24) is 4.98 Å². The van der Waals surface area contributed by atoms with Gasteiger partial charge in [-0.1, -0.05) is 48.0 Å². The average Bonchev–Trinajstić information content (AvgIpc) is 2.54. The van der Waals surface area contributed by atoms with Gasteiger partial charge >= 0.3 is 0 Å². The number of nitrogens with zero attached hydrogens (tertiary/aromatic N) is 1. The fourth-order valence-corrected chi connectivity index (χ4v) is 2.60. The van der Waals surface area contributed by atoms with Crippen molar-refractivity contribution in [3.8, 4) is 0 Å². The maximum absolute atomic E-state index is 12.2. The Kier molecular flexibility index (Phi) is 4.35. The second kappa shape index (κ2) is 6.58. The Balaban J connectivity index is 1.70. The molecule has 1 N–H and O–H groups in total. The maximum Gasteiger partial charge on any atom is 0.224 e. The van der Waals surface area contributed by atoms with Crippen molar-refractivity contribution >= 4 is 34.1 Å². The molecule has 0 atom stereocenters. The summed E-state index contributed by atoms with van der Waals surface area (Å²) in [6.45, 7) is 0. The molecule has 0 spiro atoms. The molecule has 0 aliphatic rings. The van der Waals surface area contributed by atoms with Gasteiger partial charge in [-0.05, 0) is 30.2 Å². The number of aromatic nitrogens is 1.